The fourth-order valence-corrected chi connectivity index (χ4v) is 4.55. The van der Waals surface area contributed by atoms with Crippen molar-refractivity contribution in [1.82, 2.24) is 29.4 Å². The molecule has 0 amide bonds. The highest BCUT2D eigenvalue weighted by atomic mass is 32.1. The number of nitrogens with zero attached hydrogens (tertiary/aromatic N) is 6. The first-order valence-electron chi connectivity index (χ1n) is 9.27. The lowest BCUT2D eigenvalue weighted by molar-refractivity contribution is 0.0605. The molecule has 0 spiro atoms. The van der Waals surface area contributed by atoms with Gasteiger partial charge in [0.25, 0.3) is 0 Å². The molecule has 0 aliphatic heterocycles. The van der Waals surface area contributed by atoms with Gasteiger partial charge in [0, 0.05) is 5.69 Å². The summed E-state index contributed by atoms with van der Waals surface area (Å²) in [5, 5.41) is 9.76. The summed E-state index contributed by atoms with van der Waals surface area (Å²) in [6.45, 7) is 6.37. The standard InChI is InChI=1S/C20H18N6O3S/c1-10-7-11(2)25(23-10)8-13-5-6-14(29-13)17-22-18-15-12(3)16(20(27)28-4)30-19(15)21-9-26(18)24-17/h5-7,9H,8H2,1-4H3. The summed E-state index contributed by atoms with van der Waals surface area (Å²) in [6, 6.07) is 5.77. The molecule has 9 nitrogen and oxygen atoms in total. The molecule has 0 radical (unpaired) electrons. The molecule has 0 aliphatic carbocycles. The molecule has 5 heterocycles. The van der Waals surface area contributed by atoms with E-state index in [1.165, 1.54) is 18.4 Å². The lowest BCUT2D eigenvalue weighted by Crippen LogP contribution is -2.02. The lowest BCUT2D eigenvalue weighted by atomic mass is 10.2. The fraction of sp³-hybridized carbons (Fsp3) is 0.250. The van der Waals surface area contributed by atoms with E-state index >= 15 is 0 Å². The summed E-state index contributed by atoms with van der Waals surface area (Å²) < 4.78 is 14.3. The van der Waals surface area contributed by atoms with Crippen LogP contribution in [0.2, 0.25) is 0 Å². The second-order valence-corrected chi connectivity index (χ2v) is 8.03. The number of esters is 1. The minimum atomic E-state index is -0.381. The van der Waals surface area contributed by atoms with Gasteiger partial charge in [0.2, 0.25) is 5.82 Å². The van der Waals surface area contributed by atoms with Crippen molar-refractivity contribution in [1.29, 1.82) is 0 Å². The maximum atomic E-state index is 12.0. The van der Waals surface area contributed by atoms with Gasteiger partial charge in [-0.15, -0.1) is 16.4 Å². The van der Waals surface area contributed by atoms with E-state index in [0.29, 0.717) is 33.5 Å². The van der Waals surface area contributed by atoms with E-state index in [1.807, 2.05) is 43.7 Å². The third kappa shape index (κ3) is 2.88. The minimum Gasteiger partial charge on any atom is -0.465 e. The van der Waals surface area contributed by atoms with Gasteiger partial charge in [-0.3, -0.25) is 4.68 Å². The quantitative estimate of drug-likeness (QED) is 0.408. The molecular formula is C20H18N6O3S. The van der Waals surface area contributed by atoms with Gasteiger partial charge in [-0.05, 0) is 44.5 Å². The number of furan rings is 1. The summed E-state index contributed by atoms with van der Waals surface area (Å²) in [4.78, 5) is 22.3. The molecule has 30 heavy (non-hydrogen) atoms. The third-order valence-electron chi connectivity index (χ3n) is 4.93. The molecule has 0 N–H and O–H groups in total. The van der Waals surface area contributed by atoms with Gasteiger partial charge in [-0.25, -0.2) is 19.3 Å². The molecule has 0 saturated carbocycles. The van der Waals surface area contributed by atoms with E-state index in [9.17, 15) is 4.79 Å². The summed E-state index contributed by atoms with van der Waals surface area (Å²) in [7, 11) is 1.37. The Morgan fingerprint density at radius 3 is 2.80 bits per heavy atom. The lowest BCUT2D eigenvalue weighted by Gasteiger charge is -2.00. The zero-order valence-corrected chi connectivity index (χ0v) is 17.6. The normalized spacial score (nSPS) is 11.6. The molecule has 10 heteroatoms. The van der Waals surface area contributed by atoms with Crippen molar-refractivity contribution >= 4 is 33.2 Å². The largest absolute Gasteiger partial charge is 0.465 e. The number of hydrogen-bond acceptors (Lipinski definition) is 8. The SMILES string of the molecule is COC(=O)c1sc2ncn3nc(-c4ccc(Cn5nc(C)cc5C)o4)nc3c2c1C. The highest BCUT2D eigenvalue weighted by Crippen LogP contribution is 2.33. The first-order valence-corrected chi connectivity index (χ1v) is 10.1. The van der Waals surface area contributed by atoms with E-state index in [1.54, 1.807) is 10.8 Å². The van der Waals surface area contributed by atoms with Crippen LogP contribution < -0.4 is 0 Å². The highest BCUT2D eigenvalue weighted by molar-refractivity contribution is 7.20. The van der Waals surface area contributed by atoms with Gasteiger partial charge in [-0.1, -0.05) is 0 Å². The fourth-order valence-electron chi connectivity index (χ4n) is 3.49. The summed E-state index contributed by atoms with van der Waals surface area (Å²) in [5.74, 6) is 1.39. The first kappa shape index (κ1) is 18.5. The Morgan fingerprint density at radius 1 is 1.23 bits per heavy atom. The molecule has 0 fully saturated rings. The van der Waals surface area contributed by atoms with Crippen LogP contribution >= 0.6 is 11.3 Å². The van der Waals surface area contributed by atoms with Crippen LogP contribution in [0.5, 0.6) is 0 Å². The number of aryl methyl sites for hydroxylation is 3. The van der Waals surface area contributed by atoms with Crippen molar-refractivity contribution in [2.75, 3.05) is 7.11 Å². The molecule has 5 aromatic rings. The molecule has 152 valence electrons. The van der Waals surface area contributed by atoms with Crippen LogP contribution in [0, 0.1) is 20.8 Å². The van der Waals surface area contributed by atoms with Gasteiger partial charge in [0.15, 0.2) is 11.4 Å². The minimum absolute atomic E-state index is 0.381. The Labute approximate surface area is 174 Å². The number of fused-ring (bicyclic) bond motifs is 3. The van der Waals surface area contributed by atoms with E-state index in [-0.39, 0.29) is 5.97 Å². The van der Waals surface area contributed by atoms with E-state index in [4.69, 9.17) is 9.15 Å². The van der Waals surface area contributed by atoms with E-state index in [0.717, 1.165) is 28.1 Å². The average Bonchev–Trinajstić information content (AvgIpc) is 3.47. The molecule has 0 aromatic carbocycles. The summed E-state index contributed by atoms with van der Waals surface area (Å²) in [6.07, 6.45) is 1.59. The van der Waals surface area contributed by atoms with Gasteiger partial charge < -0.3 is 9.15 Å². The van der Waals surface area contributed by atoms with Crippen molar-refractivity contribution in [3.05, 3.63) is 52.1 Å². The topological polar surface area (TPSA) is 100 Å². The Kier molecular flexibility index (Phi) is 4.17. The molecule has 5 rings (SSSR count). The third-order valence-corrected chi connectivity index (χ3v) is 6.11. The number of rotatable bonds is 4. The molecule has 0 unspecified atom stereocenters. The van der Waals surface area contributed by atoms with Gasteiger partial charge in [-0.2, -0.15) is 5.10 Å². The Hall–Kier alpha value is -3.53. The van der Waals surface area contributed by atoms with Crippen LogP contribution in [0.25, 0.3) is 27.4 Å². The number of carbonyl (C=O) groups is 1. The van der Waals surface area contributed by atoms with Crippen LogP contribution in [-0.2, 0) is 11.3 Å². The molecular weight excluding hydrogens is 404 g/mol. The zero-order valence-electron chi connectivity index (χ0n) is 16.8. The zero-order chi connectivity index (χ0) is 21.0. The first-order chi connectivity index (χ1) is 14.4. The van der Waals surface area contributed by atoms with Crippen molar-refractivity contribution in [2.45, 2.75) is 27.3 Å². The van der Waals surface area contributed by atoms with Crippen LogP contribution in [0.4, 0.5) is 0 Å². The summed E-state index contributed by atoms with van der Waals surface area (Å²) >= 11 is 1.29. The average molecular weight is 422 g/mol. The van der Waals surface area contributed by atoms with Crippen molar-refractivity contribution in [2.24, 2.45) is 0 Å². The van der Waals surface area contributed by atoms with Crippen LogP contribution in [0.15, 0.2) is 28.9 Å². The highest BCUT2D eigenvalue weighted by Gasteiger charge is 2.21. The van der Waals surface area contributed by atoms with Gasteiger partial charge >= 0.3 is 5.97 Å². The van der Waals surface area contributed by atoms with Crippen molar-refractivity contribution in [3.8, 4) is 11.6 Å². The van der Waals surface area contributed by atoms with Crippen LogP contribution in [0.1, 0.15) is 32.4 Å². The Balaban J connectivity index is 1.55. The maximum Gasteiger partial charge on any atom is 0.348 e. The van der Waals surface area contributed by atoms with Crippen LogP contribution in [-0.4, -0.2) is 42.4 Å². The Morgan fingerprint density at radius 2 is 2.07 bits per heavy atom. The number of aromatic nitrogens is 6. The van der Waals surface area contributed by atoms with Crippen molar-refractivity contribution in [3.63, 3.8) is 0 Å². The van der Waals surface area contributed by atoms with Crippen LogP contribution in [0.3, 0.4) is 0 Å². The van der Waals surface area contributed by atoms with E-state index in [2.05, 4.69) is 20.2 Å². The van der Waals surface area contributed by atoms with Gasteiger partial charge in [0.05, 0.1) is 24.7 Å². The Bertz CT molecular complexity index is 1420. The number of thiophene rings is 1. The van der Waals surface area contributed by atoms with Crippen molar-refractivity contribution < 1.29 is 13.9 Å². The van der Waals surface area contributed by atoms with Gasteiger partial charge in [0.1, 0.15) is 21.8 Å². The number of ether oxygens (including phenoxy) is 1. The predicted octanol–water partition coefficient (Wildman–Crippen LogP) is 3.56. The number of hydrogen-bond donors (Lipinski definition) is 0. The molecule has 0 bridgehead atoms. The summed E-state index contributed by atoms with van der Waals surface area (Å²) in [5.41, 5.74) is 3.44. The maximum absolute atomic E-state index is 12.0. The predicted molar refractivity (Wildman–Crippen MR) is 111 cm³/mol. The second kappa shape index (κ2) is 6.77. The second-order valence-electron chi connectivity index (χ2n) is 7.03. The number of carbonyl (C=O) groups excluding carboxylic acids is 1. The molecule has 0 saturated heterocycles. The molecule has 0 aliphatic rings. The monoisotopic (exact) mass is 422 g/mol. The van der Waals surface area contributed by atoms with E-state index < -0.39 is 0 Å². The molecule has 0 atom stereocenters. The smallest absolute Gasteiger partial charge is 0.348 e. The number of methoxy groups -OCH3 is 1. The molecule has 5 aromatic heterocycles.